The van der Waals surface area contributed by atoms with E-state index in [1.54, 1.807) is 37.3 Å². The van der Waals surface area contributed by atoms with Crippen LogP contribution in [-0.4, -0.2) is 50.3 Å². The van der Waals surface area contributed by atoms with Gasteiger partial charge in [0.25, 0.3) is 10.0 Å². The number of benzene rings is 3. The van der Waals surface area contributed by atoms with Gasteiger partial charge < -0.3 is 10.2 Å². The van der Waals surface area contributed by atoms with Crippen LogP contribution in [0.2, 0.25) is 10.0 Å². The molecule has 2 amide bonds. The standard InChI is InChI=1S/C31H35Cl2N3O4S/c1-23(31(38)34-25-14-7-3-8-15-25)35(21-20-24-12-5-2-6-13-24)29(37)22-36(28-19-11-18-27(32)30(28)33)41(39,40)26-16-9-4-10-17-26/h2,4-6,9-13,16-19,23,25H,3,7-8,14-15,20-22H2,1H3,(H,34,38). The highest BCUT2D eigenvalue weighted by atomic mass is 35.5. The maximum Gasteiger partial charge on any atom is 0.264 e. The van der Waals surface area contributed by atoms with Crippen LogP contribution < -0.4 is 9.62 Å². The molecule has 1 unspecified atom stereocenters. The SMILES string of the molecule is CC(C(=O)NC1CCCCC1)N(CCc1ccccc1)C(=O)CN(c1cccc(Cl)c1Cl)S(=O)(=O)c1ccccc1. The summed E-state index contributed by atoms with van der Waals surface area (Å²) in [5.41, 5.74) is 1.08. The van der Waals surface area contributed by atoms with Gasteiger partial charge in [0, 0.05) is 12.6 Å². The maximum atomic E-state index is 14.0. The molecule has 1 saturated carbocycles. The summed E-state index contributed by atoms with van der Waals surface area (Å²) in [7, 11) is -4.22. The summed E-state index contributed by atoms with van der Waals surface area (Å²) in [5.74, 6) is -0.778. The van der Waals surface area contributed by atoms with Gasteiger partial charge in [-0.25, -0.2) is 8.42 Å². The second kappa shape index (κ2) is 14.2. The zero-order valence-corrected chi connectivity index (χ0v) is 25.3. The monoisotopic (exact) mass is 615 g/mol. The van der Waals surface area contributed by atoms with Gasteiger partial charge in [0.15, 0.2) is 0 Å². The zero-order chi connectivity index (χ0) is 29.4. The van der Waals surface area contributed by atoms with Gasteiger partial charge in [0.05, 0.1) is 20.6 Å². The lowest BCUT2D eigenvalue weighted by Gasteiger charge is -2.33. The Balaban J connectivity index is 1.66. The largest absolute Gasteiger partial charge is 0.352 e. The number of anilines is 1. The molecule has 10 heteroatoms. The first-order chi connectivity index (χ1) is 19.7. The molecular formula is C31H35Cl2N3O4S. The number of hydrogen-bond donors (Lipinski definition) is 1. The fourth-order valence-electron chi connectivity index (χ4n) is 5.06. The van der Waals surface area contributed by atoms with Gasteiger partial charge in [0.2, 0.25) is 11.8 Å². The minimum atomic E-state index is -4.22. The fourth-order valence-corrected chi connectivity index (χ4v) is 6.95. The fraction of sp³-hybridized carbons (Fsp3) is 0.355. The van der Waals surface area contributed by atoms with Crippen molar-refractivity contribution in [1.29, 1.82) is 0 Å². The Hall–Kier alpha value is -3.07. The van der Waals surface area contributed by atoms with E-state index in [9.17, 15) is 18.0 Å². The molecule has 0 aliphatic heterocycles. The highest BCUT2D eigenvalue weighted by Gasteiger charge is 2.34. The minimum absolute atomic E-state index is 0.00256. The number of carbonyl (C=O) groups is 2. The van der Waals surface area contributed by atoms with Gasteiger partial charge in [-0.2, -0.15) is 0 Å². The molecule has 7 nitrogen and oxygen atoms in total. The van der Waals surface area contributed by atoms with Gasteiger partial charge in [-0.05, 0) is 56.0 Å². The van der Waals surface area contributed by atoms with Gasteiger partial charge in [-0.15, -0.1) is 0 Å². The molecule has 0 spiro atoms. The maximum absolute atomic E-state index is 14.0. The molecule has 0 radical (unpaired) electrons. The minimum Gasteiger partial charge on any atom is -0.352 e. The number of halogens is 2. The van der Waals surface area contributed by atoms with E-state index in [4.69, 9.17) is 23.2 Å². The normalized spacial score (nSPS) is 14.7. The van der Waals surface area contributed by atoms with Gasteiger partial charge in [-0.3, -0.25) is 13.9 Å². The van der Waals surface area contributed by atoms with E-state index < -0.39 is 28.5 Å². The lowest BCUT2D eigenvalue weighted by molar-refractivity contribution is -0.139. The number of carbonyl (C=O) groups excluding carboxylic acids is 2. The van der Waals surface area contributed by atoms with E-state index in [1.165, 1.54) is 23.1 Å². The quantitative estimate of drug-likeness (QED) is 0.282. The third-order valence-corrected chi connectivity index (χ3v) is 10.00. The smallest absolute Gasteiger partial charge is 0.264 e. The Labute approximate surface area is 252 Å². The highest BCUT2D eigenvalue weighted by Crippen LogP contribution is 2.35. The highest BCUT2D eigenvalue weighted by molar-refractivity contribution is 7.92. The van der Waals surface area contributed by atoms with Gasteiger partial charge in [0.1, 0.15) is 12.6 Å². The van der Waals surface area contributed by atoms with Crippen molar-refractivity contribution in [2.24, 2.45) is 0 Å². The topological polar surface area (TPSA) is 86.8 Å². The van der Waals surface area contributed by atoms with Crippen molar-refractivity contribution in [2.75, 3.05) is 17.4 Å². The first kappa shape index (κ1) is 30.9. The van der Waals surface area contributed by atoms with Crippen LogP contribution in [0, 0.1) is 0 Å². The predicted octanol–water partition coefficient (Wildman–Crippen LogP) is 6.10. The molecule has 1 aliphatic rings. The molecular weight excluding hydrogens is 581 g/mol. The molecule has 3 aromatic rings. The third kappa shape index (κ3) is 7.82. The summed E-state index contributed by atoms with van der Waals surface area (Å²) < 4.78 is 28.7. The average Bonchev–Trinajstić information content (AvgIpc) is 2.99. The van der Waals surface area contributed by atoms with E-state index in [0.29, 0.717) is 6.42 Å². The molecule has 1 fully saturated rings. The lowest BCUT2D eigenvalue weighted by Crippen LogP contribution is -2.53. The van der Waals surface area contributed by atoms with E-state index >= 15 is 0 Å². The lowest BCUT2D eigenvalue weighted by atomic mass is 9.95. The summed E-state index contributed by atoms with van der Waals surface area (Å²) in [5, 5.41) is 3.28. The summed E-state index contributed by atoms with van der Waals surface area (Å²) in [6.45, 7) is 1.35. The Morgan fingerprint density at radius 1 is 0.902 bits per heavy atom. The molecule has 0 aromatic heterocycles. The number of amides is 2. The predicted molar refractivity (Wildman–Crippen MR) is 164 cm³/mol. The molecule has 3 aromatic carbocycles. The van der Waals surface area contributed by atoms with Crippen molar-refractivity contribution in [2.45, 2.75) is 62.4 Å². The molecule has 0 saturated heterocycles. The molecule has 218 valence electrons. The molecule has 0 heterocycles. The van der Waals surface area contributed by atoms with E-state index in [2.05, 4.69) is 5.32 Å². The summed E-state index contributed by atoms with van der Waals surface area (Å²) in [6, 6.07) is 21.4. The van der Waals surface area contributed by atoms with Crippen molar-refractivity contribution in [3.05, 3.63) is 94.5 Å². The Morgan fingerprint density at radius 2 is 1.54 bits per heavy atom. The Kier molecular flexibility index (Phi) is 10.7. The van der Waals surface area contributed by atoms with Gasteiger partial charge in [-0.1, -0.05) is 97.1 Å². The number of nitrogens with zero attached hydrogens (tertiary/aromatic N) is 2. The number of hydrogen-bond acceptors (Lipinski definition) is 4. The van der Waals surface area contributed by atoms with E-state index in [-0.39, 0.29) is 39.1 Å². The van der Waals surface area contributed by atoms with Crippen LogP contribution in [0.5, 0.6) is 0 Å². The molecule has 1 N–H and O–H groups in total. The van der Waals surface area contributed by atoms with Crippen LogP contribution in [0.4, 0.5) is 5.69 Å². The van der Waals surface area contributed by atoms with Crippen molar-refractivity contribution in [3.63, 3.8) is 0 Å². The number of sulfonamides is 1. The molecule has 1 aliphatic carbocycles. The second-order valence-corrected chi connectivity index (χ2v) is 12.9. The first-order valence-electron chi connectivity index (χ1n) is 13.8. The van der Waals surface area contributed by atoms with Crippen molar-refractivity contribution >= 4 is 50.7 Å². The number of nitrogens with one attached hydrogen (secondary N) is 1. The van der Waals surface area contributed by atoms with Crippen LogP contribution in [0.1, 0.15) is 44.6 Å². The van der Waals surface area contributed by atoms with Crippen molar-refractivity contribution in [1.82, 2.24) is 10.2 Å². The van der Waals surface area contributed by atoms with Crippen molar-refractivity contribution in [3.8, 4) is 0 Å². The van der Waals surface area contributed by atoms with Gasteiger partial charge >= 0.3 is 0 Å². The number of rotatable bonds is 11. The summed E-state index contributed by atoms with van der Waals surface area (Å²) in [6.07, 6.45) is 5.59. The molecule has 41 heavy (non-hydrogen) atoms. The van der Waals surface area contributed by atoms with Crippen molar-refractivity contribution < 1.29 is 18.0 Å². The van der Waals surface area contributed by atoms with Crippen LogP contribution in [0.3, 0.4) is 0 Å². The molecule has 1 atom stereocenters. The summed E-state index contributed by atoms with van der Waals surface area (Å²) in [4.78, 5) is 28.8. The average molecular weight is 617 g/mol. The van der Waals surface area contributed by atoms with Crippen LogP contribution in [-0.2, 0) is 26.0 Å². The first-order valence-corrected chi connectivity index (χ1v) is 16.0. The Morgan fingerprint density at radius 3 is 2.20 bits per heavy atom. The molecule has 4 rings (SSSR count). The summed E-state index contributed by atoms with van der Waals surface area (Å²) >= 11 is 12.7. The zero-order valence-electron chi connectivity index (χ0n) is 23.0. The van der Waals surface area contributed by atoms with Crippen LogP contribution >= 0.6 is 23.2 Å². The van der Waals surface area contributed by atoms with Crippen LogP contribution in [0.15, 0.2) is 83.8 Å². The van der Waals surface area contributed by atoms with E-state index in [1.807, 2.05) is 30.3 Å². The Bertz CT molecular complexity index is 1430. The van der Waals surface area contributed by atoms with E-state index in [0.717, 1.165) is 42.0 Å². The third-order valence-electron chi connectivity index (χ3n) is 7.41. The molecule has 0 bridgehead atoms. The van der Waals surface area contributed by atoms with Crippen LogP contribution in [0.25, 0.3) is 0 Å². The second-order valence-electron chi connectivity index (χ2n) is 10.2.